The van der Waals surface area contributed by atoms with E-state index in [1.54, 1.807) is 17.6 Å². The molecule has 0 bridgehead atoms. The van der Waals surface area contributed by atoms with Gasteiger partial charge < -0.3 is 14.6 Å². The zero-order valence-electron chi connectivity index (χ0n) is 11.8. The molecule has 0 amide bonds. The van der Waals surface area contributed by atoms with Gasteiger partial charge in [-0.1, -0.05) is 0 Å². The molecule has 2 aromatic heterocycles. The fourth-order valence-corrected chi connectivity index (χ4v) is 3.35. The smallest absolute Gasteiger partial charge is 0.169 e. The molecule has 1 aliphatic rings. The summed E-state index contributed by atoms with van der Waals surface area (Å²) in [6.07, 6.45) is 1.68. The van der Waals surface area contributed by atoms with E-state index in [0.717, 1.165) is 43.6 Å². The molecule has 0 spiro atoms. The van der Waals surface area contributed by atoms with E-state index in [1.165, 1.54) is 5.56 Å². The molecule has 0 unspecified atom stereocenters. The van der Waals surface area contributed by atoms with E-state index >= 15 is 0 Å². The van der Waals surface area contributed by atoms with E-state index in [-0.39, 0.29) is 0 Å². The molecule has 0 radical (unpaired) electrons. The molecule has 1 N–H and O–H groups in total. The number of hydrogen-bond donors (Lipinski definition) is 1. The van der Waals surface area contributed by atoms with Crippen LogP contribution in [0, 0.1) is 0 Å². The number of rotatable bonds is 4. The molecule has 0 aliphatic carbocycles. The highest BCUT2D eigenvalue weighted by Crippen LogP contribution is 2.11. The third-order valence-electron chi connectivity index (χ3n) is 3.64. The Hall–Kier alpha value is -1.37. The minimum absolute atomic E-state index is 0.654. The Labute approximate surface area is 134 Å². The van der Waals surface area contributed by atoms with Crippen LogP contribution in [0.3, 0.4) is 0 Å². The van der Waals surface area contributed by atoms with Gasteiger partial charge in [-0.25, -0.2) is 0 Å². The van der Waals surface area contributed by atoms with Crippen LogP contribution >= 0.6 is 23.6 Å². The predicted octanol–water partition coefficient (Wildman–Crippen LogP) is 2.53. The van der Waals surface area contributed by atoms with Gasteiger partial charge in [-0.2, -0.15) is 11.3 Å². The van der Waals surface area contributed by atoms with Crippen LogP contribution in [-0.2, 0) is 13.1 Å². The van der Waals surface area contributed by atoms with Crippen LogP contribution < -0.4 is 5.32 Å². The molecular weight excluding hydrogens is 302 g/mol. The summed E-state index contributed by atoms with van der Waals surface area (Å²) in [6.45, 7) is 5.77. The average molecular weight is 321 g/mol. The normalized spacial score (nSPS) is 16.1. The third kappa shape index (κ3) is 4.06. The summed E-state index contributed by atoms with van der Waals surface area (Å²) in [4.78, 5) is 4.72. The molecule has 3 rings (SSSR count). The second-order valence-electron chi connectivity index (χ2n) is 5.13. The monoisotopic (exact) mass is 321 g/mol. The summed E-state index contributed by atoms with van der Waals surface area (Å²) < 4.78 is 5.30. The molecule has 0 aromatic carbocycles. The SMILES string of the molecule is S=C(NCc1ccco1)N1CCN(Cc2ccsc2)CC1. The zero-order valence-corrected chi connectivity index (χ0v) is 13.5. The number of thiocarbonyl (C=S) groups is 1. The summed E-state index contributed by atoms with van der Waals surface area (Å²) in [5.74, 6) is 0.911. The van der Waals surface area contributed by atoms with E-state index in [1.807, 2.05) is 12.1 Å². The molecule has 1 saturated heterocycles. The van der Waals surface area contributed by atoms with Gasteiger partial charge in [0.2, 0.25) is 0 Å². The van der Waals surface area contributed by atoms with Gasteiger partial charge in [0.1, 0.15) is 5.76 Å². The van der Waals surface area contributed by atoms with Crippen molar-refractivity contribution in [1.29, 1.82) is 0 Å². The molecule has 112 valence electrons. The lowest BCUT2D eigenvalue weighted by molar-refractivity contribution is 0.174. The van der Waals surface area contributed by atoms with Crippen molar-refractivity contribution >= 4 is 28.7 Å². The first-order valence-corrected chi connectivity index (χ1v) is 8.45. The largest absolute Gasteiger partial charge is 0.467 e. The molecule has 1 fully saturated rings. The van der Waals surface area contributed by atoms with Crippen molar-refractivity contribution in [3.8, 4) is 0 Å². The third-order valence-corrected chi connectivity index (χ3v) is 4.77. The van der Waals surface area contributed by atoms with Crippen LogP contribution in [0.1, 0.15) is 11.3 Å². The topological polar surface area (TPSA) is 31.7 Å². The molecule has 3 heterocycles. The number of thiophene rings is 1. The van der Waals surface area contributed by atoms with Crippen LogP contribution in [-0.4, -0.2) is 41.1 Å². The number of piperazine rings is 1. The Bertz CT molecular complexity index is 546. The Balaban J connectivity index is 1.41. The van der Waals surface area contributed by atoms with Crippen LogP contribution in [0.5, 0.6) is 0 Å². The van der Waals surface area contributed by atoms with Crippen LogP contribution in [0.4, 0.5) is 0 Å². The molecule has 2 aromatic rings. The van der Waals surface area contributed by atoms with Crippen molar-refractivity contribution in [3.63, 3.8) is 0 Å². The first-order valence-electron chi connectivity index (χ1n) is 7.10. The molecular formula is C15H19N3OS2. The van der Waals surface area contributed by atoms with Gasteiger partial charge in [-0.05, 0) is 46.7 Å². The first kappa shape index (κ1) is 14.6. The van der Waals surface area contributed by atoms with E-state index in [2.05, 4.69) is 31.9 Å². The maximum atomic E-state index is 5.46. The van der Waals surface area contributed by atoms with Gasteiger partial charge >= 0.3 is 0 Å². The predicted molar refractivity (Wildman–Crippen MR) is 89.3 cm³/mol. The second-order valence-corrected chi connectivity index (χ2v) is 6.30. The van der Waals surface area contributed by atoms with Crippen LogP contribution in [0.2, 0.25) is 0 Å². The maximum absolute atomic E-state index is 5.46. The average Bonchev–Trinajstić information content (AvgIpc) is 3.19. The quantitative estimate of drug-likeness (QED) is 0.875. The fourth-order valence-electron chi connectivity index (χ4n) is 2.44. The lowest BCUT2D eigenvalue weighted by Crippen LogP contribution is -2.51. The standard InChI is InChI=1S/C15H19N3OS2/c20-15(16-10-14-2-1-8-19-14)18-6-4-17(5-7-18)11-13-3-9-21-12-13/h1-3,8-9,12H,4-7,10-11H2,(H,16,20). The Kier molecular flexibility index (Phi) is 4.90. The first-order chi connectivity index (χ1) is 10.3. The summed E-state index contributed by atoms with van der Waals surface area (Å²) in [5.41, 5.74) is 1.41. The molecule has 6 heteroatoms. The molecule has 0 atom stereocenters. The van der Waals surface area contributed by atoms with E-state index in [0.29, 0.717) is 6.54 Å². The number of hydrogen-bond acceptors (Lipinski definition) is 4. The number of nitrogens with zero attached hydrogens (tertiary/aromatic N) is 2. The van der Waals surface area contributed by atoms with Crippen molar-refractivity contribution in [3.05, 3.63) is 46.5 Å². The Morgan fingerprint density at radius 2 is 2.14 bits per heavy atom. The zero-order chi connectivity index (χ0) is 14.5. The van der Waals surface area contributed by atoms with Crippen LogP contribution in [0.15, 0.2) is 39.6 Å². The van der Waals surface area contributed by atoms with Crippen molar-refractivity contribution in [2.45, 2.75) is 13.1 Å². The molecule has 0 saturated carbocycles. The van der Waals surface area contributed by atoms with Gasteiger partial charge in [-0.15, -0.1) is 0 Å². The van der Waals surface area contributed by atoms with Crippen LogP contribution in [0.25, 0.3) is 0 Å². The van der Waals surface area contributed by atoms with Crippen molar-refractivity contribution in [1.82, 2.24) is 15.1 Å². The van der Waals surface area contributed by atoms with Gasteiger partial charge in [0.25, 0.3) is 0 Å². The van der Waals surface area contributed by atoms with Crippen molar-refractivity contribution in [2.24, 2.45) is 0 Å². The number of nitrogens with one attached hydrogen (secondary N) is 1. The Morgan fingerprint density at radius 3 is 2.81 bits per heavy atom. The highest BCUT2D eigenvalue weighted by Gasteiger charge is 2.18. The minimum atomic E-state index is 0.654. The number of furan rings is 1. The fraction of sp³-hybridized carbons (Fsp3) is 0.400. The Morgan fingerprint density at radius 1 is 1.29 bits per heavy atom. The highest BCUT2D eigenvalue weighted by molar-refractivity contribution is 7.80. The van der Waals surface area contributed by atoms with Gasteiger partial charge in [0, 0.05) is 32.7 Å². The maximum Gasteiger partial charge on any atom is 0.169 e. The van der Waals surface area contributed by atoms with E-state index < -0.39 is 0 Å². The molecule has 21 heavy (non-hydrogen) atoms. The van der Waals surface area contributed by atoms with E-state index in [4.69, 9.17) is 16.6 Å². The highest BCUT2D eigenvalue weighted by atomic mass is 32.1. The summed E-state index contributed by atoms with van der Waals surface area (Å²) in [7, 11) is 0. The van der Waals surface area contributed by atoms with Gasteiger partial charge in [0.15, 0.2) is 5.11 Å². The molecule has 4 nitrogen and oxygen atoms in total. The lowest BCUT2D eigenvalue weighted by Gasteiger charge is -2.36. The summed E-state index contributed by atoms with van der Waals surface area (Å²) in [5, 5.41) is 8.45. The summed E-state index contributed by atoms with van der Waals surface area (Å²) >= 11 is 7.22. The molecule has 1 aliphatic heterocycles. The van der Waals surface area contributed by atoms with Gasteiger partial charge in [0.05, 0.1) is 12.8 Å². The van der Waals surface area contributed by atoms with Crippen molar-refractivity contribution < 1.29 is 4.42 Å². The van der Waals surface area contributed by atoms with Gasteiger partial charge in [-0.3, -0.25) is 4.90 Å². The summed E-state index contributed by atoms with van der Waals surface area (Å²) in [6, 6.07) is 6.05. The van der Waals surface area contributed by atoms with E-state index in [9.17, 15) is 0 Å². The van der Waals surface area contributed by atoms with Crippen molar-refractivity contribution in [2.75, 3.05) is 26.2 Å². The lowest BCUT2D eigenvalue weighted by atomic mass is 10.2. The second kappa shape index (κ2) is 7.06. The minimum Gasteiger partial charge on any atom is -0.467 e.